The molecule has 1 aliphatic carbocycles. The molecule has 1 unspecified atom stereocenters. The van der Waals surface area contributed by atoms with Crippen LogP contribution < -0.4 is 5.32 Å². The van der Waals surface area contributed by atoms with Crippen LogP contribution in [-0.2, 0) is 12.8 Å². The third-order valence-electron chi connectivity index (χ3n) is 4.44. The number of hydrogen-bond acceptors (Lipinski definition) is 1. The SMILES string of the molecule is CN(C(=S)Nc1cc(Cl)c(Cl)cc1Cl)C1CCc2ccccc2C1. The van der Waals surface area contributed by atoms with Crippen LogP contribution in [0.3, 0.4) is 0 Å². The van der Waals surface area contributed by atoms with Gasteiger partial charge in [0.1, 0.15) is 0 Å². The van der Waals surface area contributed by atoms with Crippen LogP contribution in [0.5, 0.6) is 0 Å². The number of thiocarbonyl (C=S) groups is 1. The molecule has 2 aromatic rings. The highest BCUT2D eigenvalue weighted by atomic mass is 35.5. The first-order valence-corrected chi connectivity index (χ1v) is 9.25. The second-order valence-electron chi connectivity index (χ2n) is 5.95. The van der Waals surface area contributed by atoms with E-state index in [1.807, 2.05) is 7.05 Å². The van der Waals surface area contributed by atoms with E-state index in [0.29, 0.717) is 31.9 Å². The van der Waals surface area contributed by atoms with Gasteiger partial charge in [0.2, 0.25) is 0 Å². The largest absolute Gasteiger partial charge is 0.349 e. The van der Waals surface area contributed by atoms with Crippen molar-refractivity contribution in [2.45, 2.75) is 25.3 Å². The van der Waals surface area contributed by atoms with Gasteiger partial charge in [0.05, 0.1) is 20.8 Å². The Labute approximate surface area is 162 Å². The van der Waals surface area contributed by atoms with E-state index in [2.05, 4.69) is 34.5 Å². The van der Waals surface area contributed by atoms with Crippen molar-refractivity contribution in [1.29, 1.82) is 0 Å². The molecule has 0 bridgehead atoms. The summed E-state index contributed by atoms with van der Waals surface area (Å²) in [4.78, 5) is 2.10. The highest BCUT2D eigenvalue weighted by molar-refractivity contribution is 7.80. The first-order chi connectivity index (χ1) is 11.5. The Hall–Kier alpha value is -1.00. The van der Waals surface area contributed by atoms with E-state index in [9.17, 15) is 0 Å². The molecule has 3 rings (SSSR count). The summed E-state index contributed by atoms with van der Waals surface area (Å²) < 4.78 is 0. The van der Waals surface area contributed by atoms with Gasteiger partial charge in [0.15, 0.2) is 5.11 Å². The zero-order valence-corrected chi connectivity index (χ0v) is 16.2. The Kier molecular flexibility index (Phi) is 5.56. The Morgan fingerprint density at radius 2 is 1.75 bits per heavy atom. The maximum Gasteiger partial charge on any atom is 0.173 e. The normalized spacial score (nSPS) is 16.4. The number of nitrogens with one attached hydrogen (secondary N) is 1. The van der Waals surface area contributed by atoms with E-state index < -0.39 is 0 Å². The van der Waals surface area contributed by atoms with Gasteiger partial charge in [-0.05, 0) is 54.7 Å². The van der Waals surface area contributed by atoms with Crippen molar-refractivity contribution in [2.24, 2.45) is 0 Å². The lowest BCUT2D eigenvalue weighted by atomic mass is 9.88. The quantitative estimate of drug-likeness (QED) is 0.505. The summed E-state index contributed by atoms with van der Waals surface area (Å²) in [6.07, 6.45) is 3.13. The van der Waals surface area contributed by atoms with Gasteiger partial charge >= 0.3 is 0 Å². The van der Waals surface area contributed by atoms with Gasteiger partial charge in [-0.2, -0.15) is 0 Å². The molecule has 0 heterocycles. The topological polar surface area (TPSA) is 15.3 Å². The van der Waals surface area contributed by atoms with Gasteiger partial charge in [0, 0.05) is 13.1 Å². The molecule has 2 aromatic carbocycles. The molecule has 1 aliphatic rings. The molecule has 0 saturated carbocycles. The molecule has 0 amide bonds. The molecule has 0 saturated heterocycles. The fourth-order valence-electron chi connectivity index (χ4n) is 3.00. The zero-order chi connectivity index (χ0) is 17.3. The lowest BCUT2D eigenvalue weighted by molar-refractivity contribution is 0.335. The molecule has 0 spiro atoms. The Bertz CT molecular complexity index is 779. The third kappa shape index (κ3) is 3.80. The van der Waals surface area contributed by atoms with Crippen LogP contribution in [0.2, 0.25) is 15.1 Å². The second-order valence-corrected chi connectivity index (χ2v) is 7.56. The van der Waals surface area contributed by atoms with Crippen LogP contribution in [0.15, 0.2) is 36.4 Å². The minimum Gasteiger partial charge on any atom is -0.349 e. The lowest BCUT2D eigenvalue weighted by Gasteiger charge is -2.34. The van der Waals surface area contributed by atoms with Crippen LogP contribution in [-0.4, -0.2) is 23.1 Å². The van der Waals surface area contributed by atoms with E-state index in [1.54, 1.807) is 12.1 Å². The van der Waals surface area contributed by atoms with Gasteiger partial charge in [-0.3, -0.25) is 0 Å². The molecule has 1 N–H and O–H groups in total. The average Bonchev–Trinajstić information content (AvgIpc) is 2.58. The number of hydrogen-bond donors (Lipinski definition) is 1. The van der Waals surface area contributed by atoms with Gasteiger partial charge < -0.3 is 10.2 Å². The van der Waals surface area contributed by atoms with Gasteiger partial charge in [-0.1, -0.05) is 59.1 Å². The minimum absolute atomic E-state index is 0.362. The number of aryl methyl sites for hydroxylation is 1. The summed E-state index contributed by atoms with van der Waals surface area (Å²) >= 11 is 23.8. The van der Waals surface area contributed by atoms with E-state index >= 15 is 0 Å². The Morgan fingerprint density at radius 1 is 1.08 bits per heavy atom. The van der Waals surface area contributed by atoms with E-state index in [1.165, 1.54) is 11.1 Å². The average molecular weight is 400 g/mol. The number of anilines is 1. The summed E-state index contributed by atoms with van der Waals surface area (Å²) in [6, 6.07) is 12.3. The van der Waals surface area contributed by atoms with E-state index in [-0.39, 0.29) is 0 Å². The third-order valence-corrected chi connectivity index (χ3v) is 5.87. The van der Waals surface area contributed by atoms with Crippen LogP contribution >= 0.6 is 47.0 Å². The van der Waals surface area contributed by atoms with Crippen molar-refractivity contribution in [3.63, 3.8) is 0 Å². The molecular formula is C18H17Cl3N2S. The predicted molar refractivity (Wildman–Crippen MR) is 108 cm³/mol. The summed E-state index contributed by atoms with van der Waals surface area (Å²) in [6.45, 7) is 0. The minimum atomic E-state index is 0.362. The van der Waals surface area contributed by atoms with Crippen LogP contribution in [0.1, 0.15) is 17.5 Å². The van der Waals surface area contributed by atoms with E-state index in [4.69, 9.17) is 47.0 Å². The molecule has 0 radical (unpaired) electrons. The molecule has 6 heteroatoms. The maximum absolute atomic E-state index is 6.22. The van der Waals surface area contributed by atoms with Gasteiger partial charge in [-0.15, -0.1) is 0 Å². The molecule has 0 aromatic heterocycles. The van der Waals surface area contributed by atoms with Crippen molar-refractivity contribution in [3.8, 4) is 0 Å². The van der Waals surface area contributed by atoms with Crippen molar-refractivity contribution in [1.82, 2.24) is 4.90 Å². The Balaban J connectivity index is 1.71. The predicted octanol–water partition coefficient (Wildman–Crippen LogP) is 5.83. The summed E-state index contributed by atoms with van der Waals surface area (Å²) in [5.41, 5.74) is 3.50. The van der Waals surface area contributed by atoms with Gasteiger partial charge in [0.25, 0.3) is 0 Å². The molecule has 0 fully saturated rings. The fourth-order valence-corrected chi connectivity index (χ4v) is 3.85. The highest BCUT2D eigenvalue weighted by Gasteiger charge is 2.23. The number of likely N-dealkylation sites (N-methyl/N-ethyl adjacent to an activating group) is 1. The highest BCUT2D eigenvalue weighted by Crippen LogP contribution is 2.32. The molecule has 2 nitrogen and oxygen atoms in total. The van der Waals surface area contributed by atoms with Gasteiger partial charge in [-0.25, -0.2) is 0 Å². The molecule has 24 heavy (non-hydrogen) atoms. The summed E-state index contributed by atoms with van der Waals surface area (Å²) in [5, 5.41) is 5.17. The second kappa shape index (κ2) is 7.49. The molecular weight excluding hydrogens is 383 g/mol. The van der Waals surface area contributed by atoms with E-state index in [0.717, 1.165) is 19.3 Å². The van der Waals surface area contributed by atoms with Crippen molar-refractivity contribution in [3.05, 3.63) is 62.6 Å². The number of nitrogens with zero attached hydrogens (tertiary/aromatic N) is 1. The molecule has 1 atom stereocenters. The summed E-state index contributed by atoms with van der Waals surface area (Å²) in [5.74, 6) is 0. The van der Waals surface area contributed by atoms with Crippen molar-refractivity contribution < 1.29 is 0 Å². The number of halogens is 3. The number of fused-ring (bicyclic) bond motifs is 1. The van der Waals surface area contributed by atoms with Crippen LogP contribution in [0.4, 0.5) is 5.69 Å². The van der Waals surface area contributed by atoms with Crippen LogP contribution in [0.25, 0.3) is 0 Å². The van der Waals surface area contributed by atoms with Crippen molar-refractivity contribution in [2.75, 3.05) is 12.4 Å². The monoisotopic (exact) mass is 398 g/mol. The lowest BCUT2D eigenvalue weighted by Crippen LogP contribution is -2.42. The maximum atomic E-state index is 6.22. The summed E-state index contributed by atoms with van der Waals surface area (Å²) in [7, 11) is 2.01. The first-order valence-electron chi connectivity index (χ1n) is 7.71. The number of rotatable bonds is 2. The first kappa shape index (κ1) is 17.8. The van der Waals surface area contributed by atoms with Crippen molar-refractivity contribution >= 4 is 57.8 Å². The smallest absolute Gasteiger partial charge is 0.173 e. The molecule has 0 aliphatic heterocycles. The number of benzene rings is 2. The Morgan fingerprint density at radius 3 is 2.50 bits per heavy atom. The van der Waals surface area contributed by atoms with Crippen LogP contribution in [0, 0.1) is 0 Å². The molecule has 126 valence electrons. The zero-order valence-electron chi connectivity index (χ0n) is 13.2. The standard InChI is InChI=1S/C18H17Cl3N2S/c1-23(13-7-6-11-4-2-3-5-12(11)8-13)18(24)22-17-10-15(20)14(19)9-16(17)21/h2-5,9-10,13H,6-8H2,1H3,(H,22,24). The fraction of sp³-hybridized carbons (Fsp3) is 0.278.